The SMILES string of the molecule is O=C(NCCc1csc(-c2ccc(Cl)cc2)n1)C(=O)Nc1ccc2c(c1)OCO2. The van der Waals surface area contributed by atoms with Crippen LogP contribution in [0.4, 0.5) is 5.69 Å². The van der Waals surface area contributed by atoms with E-state index < -0.39 is 11.8 Å². The van der Waals surface area contributed by atoms with Gasteiger partial charge in [0.15, 0.2) is 11.5 Å². The Morgan fingerprint density at radius 2 is 1.86 bits per heavy atom. The van der Waals surface area contributed by atoms with Gasteiger partial charge < -0.3 is 20.1 Å². The normalized spacial score (nSPS) is 11.9. The third kappa shape index (κ3) is 4.67. The van der Waals surface area contributed by atoms with Gasteiger partial charge >= 0.3 is 11.8 Å². The van der Waals surface area contributed by atoms with E-state index in [9.17, 15) is 9.59 Å². The molecular weight excluding hydrogens is 414 g/mol. The second-order valence-corrected chi connectivity index (χ2v) is 7.47. The van der Waals surface area contributed by atoms with Crippen LogP contribution in [0.15, 0.2) is 47.8 Å². The molecular formula is C20H16ClN3O4S. The number of anilines is 1. The number of rotatable bonds is 5. The minimum absolute atomic E-state index is 0.142. The fourth-order valence-corrected chi connectivity index (χ4v) is 3.68. The van der Waals surface area contributed by atoms with Crippen LogP contribution in [0.2, 0.25) is 5.02 Å². The average Bonchev–Trinajstić information content (AvgIpc) is 3.37. The van der Waals surface area contributed by atoms with Gasteiger partial charge in [0.05, 0.1) is 5.69 Å². The lowest BCUT2D eigenvalue weighted by Crippen LogP contribution is -2.36. The summed E-state index contributed by atoms with van der Waals surface area (Å²) in [6.07, 6.45) is 0.521. The lowest BCUT2D eigenvalue weighted by molar-refractivity contribution is -0.136. The number of hydrogen-bond acceptors (Lipinski definition) is 6. The van der Waals surface area contributed by atoms with Crippen LogP contribution in [0.25, 0.3) is 10.6 Å². The van der Waals surface area contributed by atoms with Gasteiger partial charge in [0.1, 0.15) is 5.01 Å². The highest BCUT2D eigenvalue weighted by Crippen LogP contribution is 2.34. The van der Waals surface area contributed by atoms with Gasteiger partial charge in [-0.05, 0) is 24.3 Å². The molecule has 0 aliphatic carbocycles. The van der Waals surface area contributed by atoms with E-state index in [1.165, 1.54) is 11.3 Å². The van der Waals surface area contributed by atoms with Gasteiger partial charge in [-0.15, -0.1) is 11.3 Å². The minimum atomic E-state index is -0.746. The van der Waals surface area contributed by atoms with E-state index in [-0.39, 0.29) is 6.79 Å². The smallest absolute Gasteiger partial charge is 0.313 e. The number of nitrogens with one attached hydrogen (secondary N) is 2. The van der Waals surface area contributed by atoms with E-state index in [2.05, 4.69) is 15.6 Å². The fraction of sp³-hybridized carbons (Fsp3) is 0.150. The molecule has 0 saturated carbocycles. The molecule has 7 nitrogen and oxygen atoms in total. The number of halogens is 1. The Labute approximate surface area is 175 Å². The number of thiazole rings is 1. The maximum absolute atomic E-state index is 12.1. The molecule has 2 N–H and O–H groups in total. The van der Waals surface area contributed by atoms with Crippen LogP contribution in [0.3, 0.4) is 0 Å². The van der Waals surface area contributed by atoms with Crippen molar-refractivity contribution in [3.05, 3.63) is 58.6 Å². The zero-order valence-electron chi connectivity index (χ0n) is 15.1. The summed E-state index contributed by atoms with van der Waals surface area (Å²) < 4.78 is 10.5. The van der Waals surface area contributed by atoms with E-state index in [4.69, 9.17) is 21.1 Å². The predicted molar refractivity (Wildman–Crippen MR) is 110 cm³/mol. The van der Waals surface area contributed by atoms with Crippen molar-refractivity contribution in [1.29, 1.82) is 0 Å². The van der Waals surface area contributed by atoms with Crippen molar-refractivity contribution < 1.29 is 19.1 Å². The highest BCUT2D eigenvalue weighted by molar-refractivity contribution is 7.13. The molecule has 1 aliphatic rings. The van der Waals surface area contributed by atoms with E-state index in [0.29, 0.717) is 35.2 Å². The Bertz CT molecular complexity index is 1050. The number of carbonyl (C=O) groups excluding carboxylic acids is 2. The van der Waals surface area contributed by atoms with Crippen LogP contribution in [0.1, 0.15) is 5.69 Å². The Hall–Kier alpha value is -3.10. The molecule has 4 rings (SSSR count). The van der Waals surface area contributed by atoms with Gasteiger partial charge in [-0.2, -0.15) is 0 Å². The van der Waals surface area contributed by atoms with Crippen molar-refractivity contribution in [1.82, 2.24) is 10.3 Å². The molecule has 0 radical (unpaired) electrons. The summed E-state index contributed by atoms with van der Waals surface area (Å²) in [5.74, 6) is -0.322. The first-order valence-electron chi connectivity index (χ1n) is 8.78. The highest BCUT2D eigenvalue weighted by atomic mass is 35.5. The standard InChI is InChI=1S/C20H16ClN3O4S/c21-13-3-1-12(2-4-13)20-24-15(10-29-20)7-8-22-18(25)19(26)23-14-5-6-16-17(9-14)28-11-27-16/h1-6,9-10H,7-8,11H2,(H,22,25)(H,23,26). The van der Waals surface area contributed by atoms with Gasteiger partial charge in [-0.25, -0.2) is 4.98 Å². The summed E-state index contributed by atoms with van der Waals surface area (Å²) in [7, 11) is 0. The molecule has 0 fully saturated rings. The Morgan fingerprint density at radius 1 is 1.07 bits per heavy atom. The topological polar surface area (TPSA) is 89.6 Å². The maximum atomic E-state index is 12.1. The van der Waals surface area contributed by atoms with E-state index in [0.717, 1.165) is 16.3 Å². The van der Waals surface area contributed by atoms with Crippen molar-refractivity contribution in [3.63, 3.8) is 0 Å². The minimum Gasteiger partial charge on any atom is -0.454 e. The van der Waals surface area contributed by atoms with Gasteiger partial charge in [-0.1, -0.05) is 23.7 Å². The van der Waals surface area contributed by atoms with Crippen LogP contribution in [-0.4, -0.2) is 30.1 Å². The van der Waals surface area contributed by atoms with Gasteiger partial charge in [0.25, 0.3) is 0 Å². The van der Waals surface area contributed by atoms with E-state index in [1.807, 2.05) is 29.6 Å². The molecule has 0 spiro atoms. The summed E-state index contributed by atoms with van der Waals surface area (Å²) in [4.78, 5) is 28.6. The highest BCUT2D eigenvalue weighted by Gasteiger charge is 2.17. The van der Waals surface area contributed by atoms with E-state index >= 15 is 0 Å². The molecule has 9 heteroatoms. The Morgan fingerprint density at radius 3 is 2.69 bits per heavy atom. The van der Waals surface area contributed by atoms with Crippen LogP contribution < -0.4 is 20.1 Å². The summed E-state index contributed by atoms with van der Waals surface area (Å²) in [5.41, 5.74) is 2.29. The van der Waals surface area contributed by atoms with Gasteiger partial charge in [0.2, 0.25) is 6.79 Å². The second-order valence-electron chi connectivity index (χ2n) is 6.18. The van der Waals surface area contributed by atoms with Crippen LogP contribution in [-0.2, 0) is 16.0 Å². The number of benzene rings is 2. The van der Waals surface area contributed by atoms with E-state index in [1.54, 1.807) is 18.2 Å². The zero-order valence-corrected chi connectivity index (χ0v) is 16.7. The average molecular weight is 430 g/mol. The molecule has 29 heavy (non-hydrogen) atoms. The molecule has 2 amide bonds. The van der Waals surface area contributed by atoms with Crippen molar-refractivity contribution >= 4 is 40.4 Å². The first kappa shape index (κ1) is 19.2. The number of amides is 2. The van der Waals surface area contributed by atoms with Crippen LogP contribution in [0, 0.1) is 0 Å². The van der Waals surface area contributed by atoms with Gasteiger partial charge in [-0.3, -0.25) is 9.59 Å². The molecule has 0 unspecified atom stereocenters. The number of fused-ring (bicyclic) bond motifs is 1. The van der Waals surface area contributed by atoms with Crippen LogP contribution >= 0.6 is 22.9 Å². The lowest BCUT2D eigenvalue weighted by Gasteiger charge is -2.06. The Kier molecular flexibility index (Phi) is 5.64. The second kappa shape index (κ2) is 8.50. The molecule has 0 saturated heterocycles. The fourth-order valence-electron chi connectivity index (χ4n) is 2.69. The zero-order chi connectivity index (χ0) is 20.2. The largest absolute Gasteiger partial charge is 0.454 e. The Balaban J connectivity index is 1.26. The summed E-state index contributed by atoms with van der Waals surface area (Å²) >= 11 is 7.42. The summed E-state index contributed by atoms with van der Waals surface area (Å²) in [5, 5.41) is 8.62. The number of carbonyl (C=O) groups is 2. The number of ether oxygens (including phenoxy) is 2. The molecule has 2 aromatic carbocycles. The molecule has 1 aromatic heterocycles. The molecule has 3 aromatic rings. The third-order valence-corrected chi connectivity index (χ3v) is 5.34. The van der Waals surface area contributed by atoms with Crippen molar-refractivity contribution in [2.75, 3.05) is 18.7 Å². The van der Waals surface area contributed by atoms with Crippen molar-refractivity contribution in [3.8, 4) is 22.1 Å². The summed E-state index contributed by atoms with van der Waals surface area (Å²) in [6.45, 7) is 0.445. The molecule has 2 heterocycles. The van der Waals surface area contributed by atoms with Gasteiger partial charge in [0, 0.05) is 40.7 Å². The lowest BCUT2D eigenvalue weighted by atomic mass is 10.2. The van der Waals surface area contributed by atoms with Crippen LogP contribution in [0.5, 0.6) is 11.5 Å². The van der Waals surface area contributed by atoms with Crippen molar-refractivity contribution in [2.45, 2.75) is 6.42 Å². The predicted octanol–water partition coefficient (Wildman–Crippen LogP) is 3.49. The number of hydrogen-bond donors (Lipinski definition) is 2. The number of nitrogens with zero attached hydrogens (tertiary/aromatic N) is 1. The molecule has 148 valence electrons. The number of aromatic nitrogens is 1. The summed E-state index contributed by atoms with van der Waals surface area (Å²) in [6, 6.07) is 12.4. The maximum Gasteiger partial charge on any atom is 0.313 e. The monoisotopic (exact) mass is 429 g/mol. The first-order chi connectivity index (χ1) is 14.1. The molecule has 0 atom stereocenters. The first-order valence-corrected chi connectivity index (χ1v) is 10.0. The molecule has 1 aliphatic heterocycles. The third-order valence-electron chi connectivity index (χ3n) is 4.15. The molecule has 0 bridgehead atoms. The van der Waals surface area contributed by atoms with Crippen molar-refractivity contribution in [2.24, 2.45) is 0 Å². The quantitative estimate of drug-likeness (QED) is 0.606.